The first kappa shape index (κ1) is 12.2. The zero-order valence-corrected chi connectivity index (χ0v) is 11.6. The third kappa shape index (κ3) is 2.35. The molecule has 0 N–H and O–H groups in total. The number of benzene rings is 1. The summed E-state index contributed by atoms with van der Waals surface area (Å²) in [5.41, 5.74) is 4.27. The Kier molecular flexibility index (Phi) is 3.24. The van der Waals surface area contributed by atoms with E-state index in [0.717, 1.165) is 25.3 Å². The fourth-order valence-electron chi connectivity index (χ4n) is 2.80. The van der Waals surface area contributed by atoms with E-state index in [1.165, 1.54) is 16.7 Å². The summed E-state index contributed by atoms with van der Waals surface area (Å²) in [6, 6.07) is 13.0. The Balaban J connectivity index is 1.93. The SMILES string of the molecule is CC(C)c1cccnc1N1CCc2ccccc2C1. The number of anilines is 1. The largest absolute Gasteiger partial charge is 0.352 e. The average molecular weight is 252 g/mol. The zero-order valence-electron chi connectivity index (χ0n) is 11.6. The van der Waals surface area contributed by atoms with Gasteiger partial charge in [0.1, 0.15) is 5.82 Å². The average Bonchev–Trinajstić information content (AvgIpc) is 2.46. The van der Waals surface area contributed by atoms with E-state index in [0.29, 0.717) is 5.92 Å². The summed E-state index contributed by atoms with van der Waals surface area (Å²) in [5, 5.41) is 0. The lowest BCUT2D eigenvalue weighted by atomic mass is 9.98. The van der Waals surface area contributed by atoms with Crippen molar-refractivity contribution < 1.29 is 0 Å². The molecule has 1 aromatic heterocycles. The maximum absolute atomic E-state index is 4.62. The second kappa shape index (κ2) is 5.04. The lowest BCUT2D eigenvalue weighted by Crippen LogP contribution is -2.31. The predicted molar refractivity (Wildman–Crippen MR) is 79.5 cm³/mol. The van der Waals surface area contributed by atoms with Crippen molar-refractivity contribution in [3.05, 3.63) is 59.3 Å². The molecule has 1 aromatic carbocycles. The molecule has 2 aromatic rings. The highest BCUT2D eigenvalue weighted by molar-refractivity contribution is 5.51. The summed E-state index contributed by atoms with van der Waals surface area (Å²) >= 11 is 0. The molecule has 1 aliphatic rings. The van der Waals surface area contributed by atoms with Crippen LogP contribution in [-0.2, 0) is 13.0 Å². The summed E-state index contributed by atoms with van der Waals surface area (Å²) in [6.07, 6.45) is 3.02. The van der Waals surface area contributed by atoms with Crippen LogP contribution in [0.5, 0.6) is 0 Å². The first-order chi connectivity index (χ1) is 9.25. The van der Waals surface area contributed by atoms with Crippen molar-refractivity contribution in [3.8, 4) is 0 Å². The summed E-state index contributed by atoms with van der Waals surface area (Å²) in [6.45, 7) is 6.51. The Morgan fingerprint density at radius 2 is 1.84 bits per heavy atom. The van der Waals surface area contributed by atoms with Gasteiger partial charge < -0.3 is 4.90 Å². The number of aromatic nitrogens is 1. The number of hydrogen-bond acceptors (Lipinski definition) is 2. The van der Waals surface area contributed by atoms with Gasteiger partial charge in [0.05, 0.1) is 0 Å². The van der Waals surface area contributed by atoms with Gasteiger partial charge in [-0.1, -0.05) is 44.2 Å². The third-order valence-corrected chi connectivity index (χ3v) is 3.87. The number of hydrogen-bond donors (Lipinski definition) is 0. The molecule has 3 rings (SSSR count). The van der Waals surface area contributed by atoms with Crippen LogP contribution in [0.3, 0.4) is 0 Å². The van der Waals surface area contributed by atoms with E-state index < -0.39 is 0 Å². The molecule has 2 heteroatoms. The fraction of sp³-hybridized carbons (Fsp3) is 0.353. The summed E-state index contributed by atoms with van der Waals surface area (Å²) < 4.78 is 0. The van der Waals surface area contributed by atoms with Gasteiger partial charge in [0.25, 0.3) is 0 Å². The van der Waals surface area contributed by atoms with Crippen molar-refractivity contribution in [1.82, 2.24) is 4.98 Å². The summed E-state index contributed by atoms with van der Waals surface area (Å²) in [7, 11) is 0. The van der Waals surface area contributed by atoms with Crippen molar-refractivity contribution in [1.29, 1.82) is 0 Å². The van der Waals surface area contributed by atoms with Gasteiger partial charge in [0.15, 0.2) is 0 Å². The zero-order chi connectivity index (χ0) is 13.2. The highest BCUT2D eigenvalue weighted by Gasteiger charge is 2.19. The number of pyridine rings is 1. The number of nitrogens with zero attached hydrogens (tertiary/aromatic N) is 2. The van der Waals surface area contributed by atoms with Crippen molar-refractivity contribution in [2.75, 3.05) is 11.4 Å². The van der Waals surface area contributed by atoms with E-state index in [1.807, 2.05) is 12.3 Å². The molecule has 2 heterocycles. The van der Waals surface area contributed by atoms with Crippen LogP contribution in [0.2, 0.25) is 0 Å². The van der Waals surface area contributed by atoms with Gasteiger partial charge >= 0.3 is 0 Å². The normalized spacial score (nSPS) is 14.6. The highest BCUT2D eigenvalue weighted by atomic mass is 15.2. The molecule has 0 atom stereocenters. The van der Waals surface area contributed by atoms with Crippen molar-refractivity contribution in [2.45, 2.75) is 32.7 Å². The van der Waals surface area contributed by atoms with E-state index >= 15 is 0 Å². The van der Waals surface area contributed by atoms with E-state index in [2.05, 4.69) is 54.1 Å². The smallest absolute Gasteiger partial charge is 0.132 e. The molecule has 2 nitrogen and oxygen atoms in total. The Labute approximate surface area is 115 Å². The first-order valence-corrected chi connectivity index (χ1v) is 7.02. The standard InChI is InChI=1S/C17H20N2/c1-13(2)16-8-5-10-18-17(16)19-11-9-14-6-3-4-7-15(14)12-19/h3-8,10,13H,9,11-12H2,1-2H3. The third-order valence-electron chi connectivity index (χ3n) is 3.87. The van der Waals surface area contributed by atoms with E-state index in [1.54, 1.807) is 0 Å². The molecule has 0 aliphatic carbocycles. The predicted octanol–water partition coefficient (Wildman–Crippen LogP) is 3.77. The van der Waals surface area contributed by atoms with Crippen molar-refractivity contribution in [3.63, 3.8) is 0 Å². The molecule has 0 bridgehead atoms. The second-order valence-corrected chi connectivity index (χ2v) is 5.51. The summed E-state index contributed by atoms with van der Waals surface area (Å²) in [5.74, 6) is 1.67. The molecule has 0 saturated heterocycles. The van der Waals surface area contributed by atoms with Crippen molar-refractivity contribution >= 4 is 5.82 Å². The van der Waals surface area contributed by atoms with Gasteiger partial charge in [-0.15, -0.1) is 0 Å². The quantitative estimate of drug-likeness (QED) is 0.809. The van der Waals surface area contributed by atoms with E-state index in [9.17, 15) is 0 Å². The van der Waals surface area contributed by atoms with Crippen LogP contribution < -0.4 is 4.90 Å². The van der Waals surface area contributed by atoms with Crippen LogP contribution in [0.15, 0.2) is 42.6 Å². The van der Waals surface area contributed by atoms with E-state index in [4.69, 9.17) is 0 Å². The lowest BCUT2D eigenvalue weighted by molar-refractivity contribution is 0.707. The van der Waals surface area contributed by atoms with Crippen LogP contribution in [0.1, 0.15) is 36.5 Å². The maximum Gasteiger partial charge on any atom is 0.132 e. The van der Waals surface area contributed by atoms with Crippen LogP contribution >= 0.6 is 0 Å². The van der Waals surface area contributed by atoms with Gasteiger partial charge in [-0.2, -0.15) is 0 Å². The molecule has 0 radical (unpaired) electrons. The van der Waals surface area contributed by atoms with Gasteiger partial charge in [-0.05, 0) is 35.1 Å². The van der Waals surface area contributed by atoms with Crippen LogP contribution in [0.4, 0.5) is 5.82 Å². The van der Waals surface area contributed by atoms with Gasteiger partial charge in [-0.3, -0.25) is 0 Å². The summed E-state index contributed by atoms with van der Waals surface area (Å²) in [4.78, 5) is 7.04. The molecule has 0 spiro atoms. The minimum absolute atomic E-state index is 0.515. The second-order valence-electron chi connectivity index (χ2n) is 5.51. The Hall–Kier alpha value is -1.83. The minimum atomic E-state index is 0.515. The molecule has 0 fully saturated rings. The van der Waals surface area contributed by atoms with Crippen molar-refractivity contribution in [2.24, 2.45) is 0 Å². The van der Waals surface area contributed by atoms with E-state index in [-0.39, 0.29) is 0 Å². The van der Waals surface area contributed by atoms with Gasteiger partial charge in [-0.25, -0.2) is 4.98 Å². The van der Waals surface area contributed by atoms with Gasteiger partial charge in [0, 0.05) is 19.3 Å². The first-order valence-electron chi connectivity index (χ1n) is 7.02. The molecule has 1 aliphatic heterocycles. The molecular weight excluding hydrogens is 232 g/mol. The van der Waals surface area contributed by atoms with Crippen LogP contribution in [0.25, 0.3) is 0 Å². The molecule has 0 amide bonds. The molecule has 98 valence electrons. The molecule has 0 saturated carbocycles. The fourth-order valence-corrected chi connectivity index (χ4v) is 2.80. The Morgan fingerprint density at radius 3 is 2.63 bits per heavy atom. The molecular formula is C17H20N2. The number of fused-ring (bicyclic) bond motifs is 1. The van der Waals surface area contributed by atoms with Crippen LogP contribution in [-0.4, -0.2) is 11.5 Å². The Morgan fingerprint density at radius 1 is 1.05 bits per heavy atom. The monoisotopic (exact) mass is 252 g/mol. The topological polar surface area (TPSA) is 16.1 Å². The van der Waals surface area contributed by atoms with Gasteiger partial charge in [0.2, 0.25) is 0 Å². The van der Waals surface area contributed by atoms with Crippen LogP contribution in [0, 0.1) is 0 Å². The number of rotatable bonds is 2. The minimum Gasteiger partial charge on any atom is -0.352 e. The Bertz CT molecular complexity index is 575. The lowest BCUT2D eigenvalue weighted by Gasteiger charge is -2.31. The maximum atomic E-state index is 4.62. The highest BCUT2D eigenvalue weighted by Crippen LogP contribution is 2.29. The molecule has 0 unspecified atom stereocenters. The molecule has 19 heavy (non-hydrogen) atoms.